The Morgan fingerprint density at radius 2 is 1.62 bits per heavy atom. The highest BCUT2D eigenvalue weighted by atomic mass is 16.5. The molecule has 0 bridgehead atoms. The summed E-state index contributed by atoms with van der Waals surface area (Å²) in [5.41, 5.74) is 5.06. The van der Waals surface area contributed by atoms with Crippen LogP contribution in [0.3, 0.4) is 0 Å². The number of methoxy groups -OCH3 is 1. The third kappa shape index (κ3) is 4.00. The Bertz CT molecular complexity index is 609. The summed E-state index contributed by atoms with van der Waals surface area (Å²) in [6, 6.07) is 19.0. The predicted octanol–water partition coefficient (Wildman–Crippen LogP) is 2.91. The third-order valence-electron chi connectivity index (χ3n) is 3.10. The molecular weight excluding hydrogens is 264 g/mol. The molecule has 108 valence electrons. The predicted molar refractivity (Wildman–Crippen MR) is 83.0 cm³/mol. The van der Waals surface area contributed by atoms with Gasteiger partial charge in [0.05, 0.1) is 5.71 Å². The molecule has 2 rings (SSSR count). The Morgan fingerprint density at radius 3 is 2.19 bits per heavy atom. The van der Waals surface area contributed by atoms with Crippen molar-refractivity contribution < 1.29 is 9.53 Å². The number of carbonyl (C=O) groups excluding carboxylic acids is 1. The van der Waals surface area contributed by atoms with Crippen molar-refractivity contribution in [3.05, 3.63) is 71.8 Å². The van der Waals surface area contributed by atoms with Crippen molar-refractivity contribution in [2.75, 3.05) is 7.11 Å². The van der Waals surface area contributed by atoms with E-state index < -0.39 is 6.10 Å². The normalized spacial score (nSPS) is 12.8. The smallest absolute Gasteiger partial charge is 0.273 e. The van der Waals surface area contributed by atoms with E-state index in [1.165, 1.54) is 7.11 Å². The molecule has 1 atom stereocenters. The summed E-state index contributed by atoms with van der Waals surface area (Å²) in [5.74, 6) is -0.293. The number of carbonyl (C=O) groups is 1. The Labute approximate surface area is 124 Å². The average Bonchev–Trinajstić information content (AvgIpc) is 2.55. The van der Waals surface area contributed by atoms with Gasteiger partial charge in [0.2, 0.25) is 0 Å². The van der Waals surface area contributed by atoms with E-state index in [1.54, 1.807) is 0 Å². The van der Waals surface area contributed by atoms with E-state index in [9.17, 15) is 4.79 Å². The fourth-order valence-corrected chi connectivity index (χ4v) is 1.96. The minimum Gasteiger partial charge on any atom is -0.367 e. The molecule has 0 spiro atoms. The SMILES string of the molecule is CO[C@@H](C(=O)N/N=C(/C)c1ccccc1)c1ccccc1. The maximum absolute atomic E-state index is 12.2. The fourth-order valence-electron chi connectivity index (χ4n) is 1.96. The van der Waals surface area contributed by atoms with Crippen molar-refractivity contribution in [1.82, 2.24) is 5.43 Å². The van der Waals surface area contributed by atoms with E-state index in [1.807, 2.05) is 67.6 Å². The van der Waals surface area contributed by atoms with Crippen LogP contribution >= 0.6 is 0 Å². The highest BCUT2D eigenvalue weighted by molar-refractivity contribution is 5.99. The molecule has 0 radical (unpaired) electrons. The minimum atomic E-state index is -0.668. The van der Waals surface area contributed by atoms with Crippen molar-refractivity contribution >= 4 is 11.6 Å². The highest BCUT2D eigenvalue weighted by Gasteiger charge is 2.19. The number of hydrogen-bond acceptors (Lipinski definition) is 3. The van der Waals surface area contributed by atoms with Crippen LogP contribution in [-0.2, 0) is 9.53 Å². The van der Waals surface area contributed by atoms with Gasteiger partial charge in [0.25, 0.3) is 5.91 Å². The largest absolute Gasteiger partial charge is 0.367 e. The Kier molecular flexibility index (Phi) is 5.23. The van der Waals surface area contributed by atoms with Gasteiger partial charge in [0, 0.05) is 7.11 Å². The van der Waals surface area contributed by atoms with Gasteiger partial charge in [-0.15, -0.1) is 0 Å². The molecule has 0 aliphatic heterocycles. The lowest BCUT2D eigenvalue weighted by molar-refractivity contribution is -0.131. The van der Waals surface area contributed by atoms with Crippen molar-refractivity contribution in [1.29, 1.82) is 0 Å². The fraction of sp³-hybridized carbons (Fsp3) is 0.176. The summed E-state index contributed by atoms with van der Waals surface area (Å²) < 4.78 is 5.25. The molecule has 2 aromatic rings. The van der Waals surface area contributed by atoms with Gasteiger partial charge in [-0.1, -0.05) is 60.7 Å². The monoisotopic (exact) mass is 282 g/mol. The third-order valence-corrected chi connectivity index (χ3v) is 3.10. The molecular formula is C17H18N2O2. The molecule has 1 N–H and O–H groups in total. The first-order valence-electron chi connectivity index (χ1n) is 6.69. The van der Waals surface area contributed by atoms with Crippen LogP contribution in [0, 0.1) is 0 Å². The van der Waals surface area contributed by atoms with Gasteiger partial charge in [-0.3, -0.25) is 4.79 Å². The molecule has 1 amide bonds. The molecule has 0 aliphatic rings. The summed E-state index contributed by atoms with van der Waals surface area (Å²) in [4.78, 5) is 12.2. The van der Waals surface area contributed by atoms with Crippen molar-refractivity contribution in [2.45, 2.75) is 13.0 Å². The quantitative estimate of drug-likeness (QED) is 0.677. The first-order valence-corrected chi connectivity index (χ1v) is 6.69. The van der Waals surface area contributed by atoms with E-state index in [4.69, 9.17) is 4.74 Å². The summed E-state index contributed by atoms with van der Waals surface area (Å²) in [7, 11) is 1.50. The van der Waals surface area contributed by atoms with Crippen LogP contribution in [-0.4, -0.2) is 18.7 Å². The van der Waals surface area contributed by atoms with Gasteiger partial charge in [-0.25, -0.2) is 5.43 Å². The van der Waals surface area contributed by atoms with Crippen LogP contribution in [0.2, 0.25) is 0 Å². The molecule has 2 aromatic carbocycles. The van der Waals surface area contributed by atoms with Crippen LogP contribution in [0.4, 0.5) is 0 Å². The van der Waals surface area contributed by atoms with Gasteiger partial charge >= 0.3 is 0 Å². The van der Waals surface area contributed by atoms with Crippen LogP contribution in [0.25, 0.3) is 0 Å². The highest BCUT2D eigenvalue weighted by Crippen LogP contribution is 2.16. The lowest BCUT2D eigenvalue weighted by Gasteiger charge is -2.13. The number of benzene rings is 2. The number of ether oxygens (including phenoxy) is 1. The second kappa shape index (κ2) is 7.36. The maximum Gasteiger partial charge on any atom is 0.273 e. The molecule has 0 saturated carbocycles. The summed E-state index contributed by atoms with van der Waals surface area (Å²) in [6.45, 7) is 1.85. The number of nitrogens with zero attached hydrogens (tertiary/aromatic N) is 1. The summed E-state index contributed by atoms with van der Waals surface area (Å²) in [6.07, 6.45) is -0.668. The van der Waals surface area contributed by atoms with E-state index in [-0.39, 0.29) is 5.91 Å². The second-order valence-electron chi connectivity index (χ2n) is 4.57. The lowest BCUT2D eigenvalue weighted by atomic mass is 10.1. The van der Waals surface area contributed by atoms with Gasteiger partial charge in [0.15, 0.2) is 6.10 Å². The molecule has 0 fully saturated rings. The summed E-state index contributed by atoms with van der Waals surface area (Å²) in [5, 5.41) is 4.13. The van der Waals surface area contributed by atoms with Crippen molar-refractivity contribution in [2.24, 2.45) is 5.10 Å². The number of nitrogens with one attached hydrogen (secondary N) is 1. The molecule has 0 aliphatic carbocycles. The standard InChI is InChI=1S/C17H18N2O2/c1-13(14-9-5-3-6-10-14)18-19-17(20)16(21-2)15-11-7-4-8-12-15/h3-12,16H,1-2H3,(H,19,20)/b18-13-/t16-/m1/s1. The average molecular weight is 282 g/mol. The van der Waals surface area contributed by atoms with E-state index in [2.05, 4.69) is 10.5 Å². The lowest BCUT2D eigenvalue weighted by Crippen LogP contribution is -2.27. The minimum absolute atomic E-state index is 0.293. The Hall–Kier alpha value is -2.46. The van der Waals surface area contributed by atoms with Crippen molar-refractivity contribution in [3.8, 4) is 0 Å². The second-order valence-corrected chi connectivity index (χ2v) is 4.57. The van der Waals surface area contributed by atoms with E-state index >= 15 is 0 Å². The maximum atomic E-state index is 12.2. The van der Waals surface area contributed by atoms with Gasteiger partial charge in [-0.05, 0) is 18.1 Å². The molecule has 4 nitrogen and oxygen atoms in total. The van der Waals surface area contributed by atoms with Crippen LogP contribution in [0.1, 0.15) is 24.2 Å². The number of hydrogen-bond donors (Lipinski definition) is 1. The van der Waals surface area contributed by atoms with Crippen LogP contribution in [0.15, 0.2) is 65.8 Å². The molecule has 0 saturated heterocycles. The Morgan fingerprint density at radius 1 is 1.05 bits per heavy atom. The zero-order valence-electron chi connectivity index (χ0n) is 12.1. The molecule has 0 aromatic heterocycles. The van der Waals surface area contributed by atoms with Gasteiger partial charge in [0.1, 0.15) is 0 Å². The topological polar surface area (TPSA) is 50.7 Å². The van der Waals surface area contributed by atoms with E-state index in [0.29, 0.717) is 0 Å². The molecule has 0 heterocycles. The Balaban J connectivity index is 2.07. The van der Waals surface area contributed by atoms with E-state index in [0.717, 1.165) is 16.8 Å². The summed E-state index contributed by atoms with van der Waals surface area (Å²) >= 11 is 0. The molecule has 4 heteroatoms. The van der Waals surface area contributed by atoms with Crippen LogP contribution < -0.4 is 5.43 Å². The first kappa shape index (κ1) is 14.9. The van der Waals surface area contributed by atoms with Gasteiger partial charge < -0.3 is 4.74 Å². The van der Waals surface area contributed by atoms with Gasteiger partial charge in [-0.2, -0.15) is 5.10 Å². The molecule has 21 heavy (non-hydrogen) atoms. The zero-order valence-corrected chi connectivity index (χ0v) is 12.1. The molecule has 0 unspecified atom stereocenters. The zero-order chi connectivity index (χ0) is 15.1. The van der Waals surface area contributed by atoms with Crippen molar-refractivity contribution in [3.63, 3.8) is 0 Å². The first-order chi connectivity index (χ1) is 10.2. The number of hydrazone groups is 1. The number of amides is 1. The number of rotatable bonds is 5. The van der Waals surface area contributed by atoms with Crippen LogP contribution in [0.5, 0.6) is 0 Å².